The SMILES string of the molecule is Cc1ccc(CCNC(=O)[C@H]2CCCN(c3ncnc4onc(C)c34)C2)cc1. The summed E-state index contributed by atoms with van der Waals surface area (Å²) in [5.41, 5.74) is 3.75. The predicted molar refractivity (Wildman–Crippen MR) is 107 cm³/mol. The zero-order valence-electron chi connectivity index (χ0n) is 16.3. The first-order chi connectivity index (χ1) is 13.6. The number of hydrogen-bond acceptors (Lipinski definition) is 6. The summed E-state index contributed by atoms with van der Waals surface area (Å²) in [5.74, 6) is 0.877. The van der Waals surface area contributed by atoms with Crippen LogP contribution in [-0.2, 0) is 11.2 Å². The van der Waals surface area contributed by atoms with Crippen LogP contribution in [0.1, 0.15) is 29.7 Å². The lowest BCUT2D eigenvalue weighted by Gasteiger charge is -2.33. The molecule has 1 amide bonds. The minimum Gasteiger partial charge on any atom is -0.355 e. The zero-order chi connectivity index (χ0) is 19.5. The molecule has 0 unspecified atom stereocenters. The fourth-order valence-corrected chi connectivity index (χ4v) is 3.76. The Balaban J connectivity index is 1.38. The van der Waals surface area contributed by atoms with Gasteiger partial charge in [-0.25, -0.2) is 4.98 Å². The molecule has 1 fully saturated rings. The van der Waals surface area contributed by atoms with Crippen molar-refractivity contribution in [3.8, 4) is 0 Å². The molecule has 146 valence electrons. The minimum atomic E-state index is -0.0445. The van der Waals surface area contributed by atoms with E-state index in [-0.39, 0.29) is 11.8 Å². The first-order valence-corrected chi connectivity index (χ1v) is 9.77. The largest absolute Gasteiger partial charge is 0.355 e. The third-order valence-electron chi connectivity index (χ3n) is 5.35. The van der Waals surface area contributed by atoms with Gasteiger partial charge in [-0.1, -0.05) is 35.0 Å². The number of nitrogens with one attached hydrogen (secondary N) is 1. The molecule has 1 saturated heterocycles. The van der Waals surface area contributed by atoms with Crippen LogP contribution in [0.25, 0.3) is 11.1 Å². The van der Waals surface area contributed by atoms with Crippen molar-refractivity contribution in [3.05, 3.63) is 47.4 Å². The molecule has 1 aromatic carbocycles. The fourth-order valence-electron chi connectivity index (χ4n) is 3.76. The van der Waals surface area contributed by atoms with Crippen molar-refractivity contribution in [1.29, 1.82) is 0 Å². The summed E-state index contributed by atoms with van der Waals surface area (Å²) in [6, 6.07) is 8.44. The highest BCUT2D eigenvalue weighted by atomic mass is 16.5. The molecule has 0 bridgehead atoms. The second-order valence-corrected chi connectivity index (χ2v) is 7.46. The van der Waals surface area contributed by atoms with Crippen LogP contribution in [0.2, 0.25) is 0 Å². The Kier molecular flexibility index (Phi) is 5.23. The van der Waals surface area contributed by atoms with E-state index in [9.17, 15) is 4.79 Å². The number of hydrogen-bond donors (Lipinski definition) is 1. The van der Waals surface area contributed by atoms with E-state index in [1.807, 2.05) is 6.92 Å². The normalized spacial score (nSPS) is 17.1. The Morgan fingerprint density at radius 1 is 1.25 bits per heavy atom. The first kappa shape index (κ1) is 18.4. The topological polar surface area (TPSA) is 84.2 Å². The molecule has 3 aromatic rings. The van der Waals surface area contributed by atoms with Gasteiger partial charge in [0.05, 0.1) is 11.6 Å². The van der Waals surface area contributed by atoms with E-state index < -0.39 is 0 Å². The number of benzene rings is 1. The highest BCUT2D eigenvalue weighted by Crippen LogP contribution is 2.29. The van der Waals surface area contributed by atoms with Crippen LogP contribution in [0, 0.1) is 19.8 Å². The summed E-state index contributed by atoms with van der Waals surface area (Å²) in [6.45, 7) is 6.13. The molecular weight excluding hydrogens is 354 g/mol. The van der Waals surface area contributed by atoms with E-state index in [1.54, 1.807) is 0 Å². The Labute approximate surface area is 164 Å². The molecule has 0 radical (unpaired) electrons. The third kappa shape index (κ3) is 3.83. The van der Waals surface area contributed by atoms with E-state index >= 15 is 0 Å². The molecule has 7 heteroatoms. The highest BCUT2D eigenvalue weighted by molar-refractivity contribution is 5.88. The highest BCUT2D eigenvalue weighted by Gasteiger charge is 2.28. The maximum Gasteiger partial charge on any atom is 0.263 e. The van der Waals surface area contributed by atoms with Crippen molar-refractivity contribution in [3.63, 3.8) is 0 Å². The van der Waals surface area contributed by atoms with Gasteiger partial charge in [-0.05, 0) is 38.7 Å². The fraction of sp³-hybridized carbons (Fsp3) is 0.429. The average Bonchev–Trinajstić information content (AvgIpc) is 3.11. The van der Waals surface area contributed by atoms with Crippen molar-refractivity contribution in [2.75, 3.05) is 24.5 Å². The smallest absolute Gasteiger partial charge is 0.263 e. The molecule has 1 aliphatic rings. The number of nitrogens with zero attached hydrogens (tertiary/aromatic N) is 4. The van der Waals surface area contributed by atoms with Gasteiger partial charge in [0.2, 0.25) is 5.91 Å². The molecule has 7 nitrogen and oxygen atoms in total. The zero-order valence-corrected chi connectivity index (χ0v) is 16.3. The summed E-state index contributed by atoms with van der Waals surface area (Å²) in [5, 5.41) is 7.93. The van der Waals surface area contributed by atoms with Gasteiger partial charge in [0, 0.05) is 19.6 Å². The van der Waals surface area contributed by atoms with Crippen LogP contribution >= 0.6 is 0 Å². The summed E-state index contributed by atoms with van der Waals surface area (Å²) in [6.07, 6.45) is 4.18. The predicted octanol–water partition coefficient (Wildman–Crippen LogP) is 2.81. The maximum atomic E-state index is 12.7. The second kappa shape index (κ2) is 7.96. The Morgan fingerprint density at radius 2 is 2.07 bits per heavy atom. The minimum absolute atomic E-state index is 0.0445. The molecule has 0 saturated carbocycles. The number of piperidine rings is 1. The van der Waals surface area contributed by atoms with Gasteiger partial charge in [0.1, 0.15) is 17.5 Å². The lowest BCUT2D eigenvalue weighted by atomic mass is 9.96. The van der Waals surface area contributed by atoms with Crippen molar-refractivity contribution in [1.82, 2.24) is 20.4 Å². The van der Waals surface area contributed by atoms with Gasteiger partial charge >= 0.3 is 0 Å². The molecule has 1 atom stereocenters. The van der Waals surface area contributed by atoms with Crippen LogP contribution in [0.5, 0.6) is 0 Å². The molecule has 2 aromatic heterocycles. The van der Waals surface area contributed by atoms with Crippen LogP contribution in [0.4, 0.5) is 5.82 Å². The lowest BCUT2D eigenvalue weighted by molar-refractivity contribution is -0.125. The Hall–Kier alpha value is -2.96. The van der Waals surface area contributed by atoms with Crippen molar-refractivity contribution in [2.45, 2.75) is 33.1 Å². The Bertz CT molecular complexity index is 967. The van der Waals surface area contributed by atoms with Gasteiger partial charge in [0.15, 0.2) is 0 Å². The van der Waals surface area contributed by atoms with Crippen LogP contribution in [0.3, 0.4) is 0 Å². The van der Waals surface area contributed by atoms with E-state index in [2.05, 4.69) is 56.5 Å². The number of fused-ring (bicyclic) bond motifs is 1. The summed E-state index contributed by atoms with van der Waals surface area (Å²) in [7, 11) is 0. The number of aromatic nitrogens is 3. The van der Waals surface area contributed by atoms with Crippen molar-refractivity contribution in [2.24, 2.45) is 5.92 Å². The molecule has 0 aliphatic carbocycles. The van der Waals surface area contributed by atoms with Gasteiger partial charge < -0.3 is 14.7 Å². The third-order valence-corrected chi connectivity index (χ3v) is 5.35. The number of anilines is 1. The van der Waals surface area contributed by atoms with Gasteiger partial charge in [-0.15, -0.1) is 0 Å². The van der Waals surface area contributed by atoms with Gasteiger partial charge in [0.25, 0.3) is 5.71 Å². The number of amides is 1. The van der Waals surface area contributed by atoms with Crippen molar-refractivity contribution < 1.29 is 9.32 Å². The number of aryl methyl sites for hydroxylation is 2. The molecule has 1 N–H and O–H groups in total. The van der Waals surface area contributed by atoms with Crippen LogP contribution in [-0.4, -0.2) is 40.7 Å². The summed E-state index contributed by atoms with van der Waals surface area (Å²) < 4.78 is 5.25. The monoisotopic (exact) mass is 379 g/mol. The number of rotatable bonds is 5. The molecular formula is C21H25N5O2. The molecule has 1 aliphatic heterocycles. The lowest BCUT2D eigenvalue weighted by Crippen LogP contribution is -2.43. The van der Waals surface area contributed by atoms with Gasteiger partial charge in [-0.3, -0.25) is 4.79 Å². The van der Waals surface area contributed by atoms with E-state index in [1.165, 1.54) is 17.5 Å². The van der Waals surface area contributed by atoms with E-state index in [0.717, 1.165) is 42.7 Å². The summed E-state index contributed by atoms with van der Waals surface area (Å²) >= 11 is 0. The molecule has 28 heavy (non-hydrogen) atoms. The first-order valence-electron chi connectivity index (χ1n) is 9.77. The molecule has 3 heterocycles. The average molecular weight is 379 g/mol. The standard InChI is InChI=1S/C21H25N5O2/c1-14-5-7-16(8-6-14)9-10-22-20(27)17-4-3-11-26(12-17)19-18-15(2)25-28-21(18)24-13-23-19/h5-8,13,17H,3-4,9-12H2,1-2H3,(H,22,27)/t17-/m0/s1. The molecule has 0 spiro atoms. The summed E-state index contributed by atoms with van der Waals surface area (Å²) in [4.78, 5) is 23.4. The van der Waals surface area contributed by atoms with Gasteiger partial charge in [-0.2, -0.15) is 4.98 Å². The Morgan fingerprint density at radius 3 is 2.89 bits per heavy atom. The van der Waals surface area contributed by atoms with Crippen molar-refractivity contribution >= 4 is 22.8 Å². The van der Waals surface area contributed by atoms with Crippen LogP contribution in [0.15, 0.2) is 35.1 Å². The quantitative estimate of drug-likeness (QED) is 0.734. The molecule has 4 rings (SSSR count). The van der Waals surface area contributed by atoms with E-state index in [0.29, 0.717) is 18.8 Å². The second-order valence-electron chi connectivity index (χ2n) is 7.46. The number of carbonyl (C=O) groups excluding carboxylic acids is 1. The van der Waals surface area contributed by atoms with E-state index in [4.69, 9.17) is 4.52 Å². The number of carbonyl (C=O) groups is 1. The van der Waals surface area contributed by atoms with Crippen LogP contribution < -0.4 is 10.2 Å². The maximum absolute atomic E-state index is 12.7.